The molecule has 1 fully saturated rings. The summed E-state index contributed by atoms with van der Waals surface area (Å²) in [4.78, 5) is 12.3. The lowest BCUT2D eigenvalue weighted by Gasteiger charge is -2.19. The Morgan fingerprint density at radius 1 is 1.41 bits per heavy atom. The molecule has 118 valence electrons. The van der Waals surface area contributed by atoms with E-state index in [2.05, 4.69) is 5.32 Å². The van der Waals surface area contributed by atoms with Crippen LogP contribution >= 0.6 is 11.3 Å². The Kier molecular flexibility index (Phi) is 4.35. The summed E-state index contributed by atoms with van der Waals surface area (Å²) in [7, 11) is -2.97. The maximum atomic E-state index is 12.3. The van der Waals surface area contributed by atoms with Gasteiger partial charge in [0.05, 0.1) is 24.0 Å². The number of carbonyl (C=O) groups excluding carboxylic acids is 1. The molecular weight excluding hydrogens is 320 g/mol. The van der Waals surface area contributed by atoms with Gasteiger partial charge in [-0.15, -0.1) is 0 Å². The zero-order chi connectivity index (χ0) is 15.6. The van der Waals surface area contributed by atoms with E-state index in [9.17, 15) is 13.2 Å². The molecule has 3 rings (SSSR count). The lowest BCUT2D eigenvalue weighted by molar-refractivity contribution is -0.122. The van der Waals surface area contributed by atoms with Gasteiger partial charge in [0.1, 0.15) is 0 Å². The molecule has 1 amide bonds. The Morgan fingerprint density at radius 3 is 2.77 bits per heavy atom. The highest BCUT2D eigenvalue weighted by atomic mass is 32.2. The monoisotopic (exact) mass is 338 g/mol. The number of hydrogen-bond acceptors (Lipinski definition) is 4. The second kappa shape index (κ2) is 6.26. The normalized spacial score (nSPS) is 21.5. The number of hydrogen-bond donors (Lipinski definition) is 1. The molecule has 2 aromatic heterocycles. The van der Waals surface area contributed by atoms with Crippen LogP contribution in [0.1, 0.15) is 24.4 Å². The van der Waals surface area contributed by atoms with Crippen LogP contribution in [0.2, 0.25) is 0 Å². The Balaban J connectivity index is 1.68. The van der Waals surface area contributed by atoms with Crippen molar-refractivity contribution in [3.8, 4) is 0 Å². The Bertz CT molecular complexity index is 687. The van der Waals surface area contributed by atoms with E-state index in [0.717, 1.165) is 5.56 Å². The van der Waals surface area contributed by atoms with Gasteiger partial charge in [0.25, 0.3) is 0 Å². The fourth-order valence-corrected chi connectivity index (χ4v) is 5.17. The maximum Gasteiger partial charge on any atom is 0.222 e. The zero-order valence-electron chi connectivity index (χ0n) is 12.0. The lowest BCUT2D eigenvalue weighted by Crippen LogP contribution is -2.36. The van der Waals surface area contributed by atoms with Gasteiger partial charge in [-0.25, -0.2) is 8.42 Å². The average Bonchev–Trinajstić information content (AvgIpc) is 3.17. The fourth-order valence-electron chi connectivity index (χ4n) is 2.79. The highest BCUT2D eigenvalue weighted by Crippen LogP contribution is 2.24. The molecule has 0 saturated carbocycles. The van der Waals surface area contributed by atoms with Crippen LogP contribution in [-0.2, 0) is 14.6 Å². The van der Waals surface area contributed by atoms with E-state index in [-0.39, 0.29) is 29.5 Å². The van der Waals surface area contributed by atoms with Crippen molar-refractivity contribution in [1.82, 2.24) is 9.88 Å². The first-order chi connectivity index (χ1) is 10.5. The number of amides is 1. The SMILES string of the molecule is O=C(C[C@H](c1ccsc1)n1cccc1)N[C@@H]1CCS(=O)(=O)C1. The van der Waals surface area contributed by atoms with Crippen LogP contribution in [0.5, 0.6) is 0 Å². The topological polar surface area (TPSA) is 68.2 Å². The predicted octanol–water partition coefficient (Wildman–Crippen LogP) is 1.83. The van der Waals surface area contributed by atoms with Crippen molar-refractivity contribution >= 4 is 27.1 Å². The van der Waals surface area contributed by atoms with Gasteiger partial charge in [-0.3, -0.25) is 4.79 Å². The highest BCUT2D eigenvalue weighted by molar-refractivity contribution is 7.91. The molecule has 5 nitrogen and oxygen atoms in total. The number of nitrogens with zero attached hydrogens (tertiary/aromatic N) is 1. The van der Waals surface area contributed by atoms with Crippen LogP contribution in [0.15, 0.2) is 41.4 Å². The molecule has 0 spiro atoms. The number of rotatable bonds is 5. The molecule has 7 heteroatoms. The highest BCUT2D eigenvalue weighted by Gasteiger charge is 2.29. The molecule has 0 bridgehead atoms. The first kappa shape index (κ1) is 15.3. The van der Waals surface area contributed by atoms with Gasteiger partial charge in [-0.1, -0.05) is 0 Å². The van der Waals surface area contributed by atoms with Gasteiger partial charge < -0.3 is 9.88 Å². The molecule has 0 radical (unpaired) electrons. The Morgan fingerprint density at radius 2 is 2.18 bits per heavy atom. The summed E-state index contributed by atoms with van der Waals surface area (Å²) in [6.45, 7) is 0. The van der Waals surface area contributed by atoms with Crippen molar-refractivity contribution in [3.05, 3.63) is 46.9 Å². The Labute approximate surface area is 133 Å². The fraction of sp³-hybridized carbons (Fsp3) is 0.400. The van der Waals surface area contributed by atoms with Crippen molar-refractivity contribution in [3.63, 3.8) is 0 Å². The van der Waals surface area contributed by atoms with Crippen LogP contribution in [0, 0.1) is 0 Å². The Hall–Kier alpha value is -1.60. The molecular formula is C15H18N2O3S2. The molecule has 1 aliphatic heterocycles. The van der Waals surface area contributed by atoms with Gasteiger partial charge >= 0.3 is 0 Å². The van der Waals surface area contributed by atoms with Gasteiger partial charge in [-0.05, 0) is 40.9 Å². The van der Waals surface area contributed by atoms with E-state index in [4.69, 9.17) is 0 Å². The molecule has 2 atom stereocenters. The second-order valence-corrected chi connectivity index (χ2v) is 8.58. The average molecular weight is 338 g/mol. The van der Waals surface area contributed by atoms with E-state index in [0.29, 0.717) is 12.8 Å². The quantitative estimate of drug-likeness (QED) is 0.904. The maximum absolute atomic E-state index is 12.3. The number of nitrogens with one attached hydrogen (secondary N) is 1. The standard InChI is InChI=1S/C15H18N2O3S2/c18-15(16-13-4-8-22(19,20)11-13)9-14(12-3-7-21-10-12)17-5-1-2-6-17/h1-3,5-7,10,13-14H,4,8-9,11H2,(H,16,18)/t13-,14-/m1/s1. The summed E-state index contributed by atoms with van der Waals surface area (Å²) in [5.74, 6) is 0.126. The van der Waals surface area contributed by atoms with Crippen LogP contribution in [0.3, 0.4) is 0 Å². The van der Waals surface area contributed by atoms with Crippen molar-refractivity contribution in [2.45, 2.75) is 24.9 Å². The van der Waals surface area contributed by atoms with Crippen LogP contribution < -0.4 is 5.32 Å². The van der Waals surface area contributed by atoms with E-state index in [1.54, 1.807) is 11.3 Å². The zero-order valence-corrected chi connectivity index (χ0v) is 13.6. The summed E-state index contributed by atoms with van der Waals surface area (Å²) in [6, 6.07) is 5.58. The second-order valence-electron chi connectivity index (χ2n) is 5.57. The van der Waals surface area contributed by atoms with Crippen molar-refractivity contribution < 1.29 is 13.2 Å². The number of carbonyl (C=O) groups is 1. The molecule has 0 aliphatic carbocycles. The molecule has 0 aromatic carbocycles. The summed E-state index contributed by atoms with van der Waals surface area (Å²) >= 11 is 1.60. The van der Waals surface area contributed by atoms with Gasteiger partial charge in [-0.2, -0.15) is 11.3 Å². The van der Waals surface area contributed by atoms with Gasteiger partial charge in [0, 0.05) is 18.4 Å². The third-order valence-corrected chi connectivity index (χ3v) is 6.36. The van der Waals surface area contributed by atoms with Crippen LogP contribution in [-0.4, -0.2) is 36.4 Å². The van der Waals surface area contributed by atoms with Crippen molar-refractivity contribution in [2.24, 2.45) is 0 Å². The van der Waals surface area contributed by atoms with E-state index < -0.39 is 9.84 Å². The number of thiophene rings is 1. The van der Waals surface area contributed by atoms with E-state index >= 15 is 0 Å². The minimum atomic E-state index is -2.97. The lowest BCUT2D eigenvalue weighted by atomic mass is 10.1. The molecule has 3 heterocycles. The smallest absolute Gasteiger partial charge is 0.222 e. The predicted molar refractivity (Wildman–Crippen MR) is 86.7 cm³/mol. The molecule has 1 saturated heterocycles. The van der Waals surface area contributed by atoms with Gasteiger partial charge in [0.2, 0.25) is 5.91 Å². The van der Waals surface area contributed by atoms with Crippen molar-refractivity contribution in [1.29, 1.82) is 0 Å². The minimum absolute atomic E-state index is 0.0562. The van der Waals surface area contributed by atoms with E-state index in [1.807, 2.05) is 45.9 Å². The summed E-state index contributed by atoms with van der Waals surface area (Å²) < 4.78 is 24.9. The van der Waals surface area contributed by atoms with Crippen LogP contribution in [0.4, 0.5) is 0 Å². The molecule has 1 N–H and O–H groups in total. The third kappa shape index (κ3) is 3.59. The molecule has 0 unspecified atom stereocenters. The first-order valence-electron chi connectivity index (χ1n) is 7.18. The summed E-state index contributed by atoms with van der Waals surface area (Å²) in [5.41, 5.74) is 1.09. The molecule has 1 aliphatic rings. The van der Waals surface area contributed by atoms with Crippen LogP contribution in [0.25, 0.3) is 0 Å². The first-order valence-corrected chi connectivity index (χ1v) is 9.94. The third-order valence-electron chi connectivity index (χ3n) is 3.89. The van der Waals surface area contributed by atoms with Gasteiger partial charge in [0.15, 0.2) is 9.84 Å². The van der Waals surface area contributed by atoms with Crippen molar-refractivity contribution in [2.75, 3.05) is 11.5 Å². The number of aromatic nitrogens is 1. The summed E-state index contributed by atoms with van der Waals surface area (Å²) in [5, 5.41) is 6.89. The molecule has 22 heavy (non-hydrogen) atoms. The number of sulfone groups is 1. The largest absolute Gasteiger partial charge is 0.352 e. The minimum Gasteiger partial charge on any atom is -0.352 e. The summed E-state index contributed by atoms with van der Waals surface area (Å²) in [6.07, 6.45) is 4.70. The molecule has 2 aromatic rings. The van der Waals surface area contributed by atoms with E-state index in [1.165, 1.54) is 0 Å².